The second-order valence-corrected chi connectivity index (χ2v) is 7.53. The largest absolute Gasteiger partial charge is 0.489 e. The van der Waals surface area contributed by atoms with Gasteiger partial charge in [-0.2, -0.15) is 5.10 Å². The number of hydrogen-bond donors (Lipinski definition) is 1. The maximum atomic E-state index is 12.5. The highest BCUT2D eigenvalue weighted by atomic mass is 32.1. The standard InChI is InChI=1S/C21H25N3O2S/c1-5-24-19(8-9-22-24)16(4)23-21(25)20-11-17(13-27-20)12-26-18-7-6-14(2)15(3)10-18/h6-11,13,16H,5,12H2,1-4H3,(H,23,25). The third kappa shape index (κ3) is 4.57. The molecule has 0 spiro atoms. The molecule has 0 bridgehead atoms. The van der Waals surface area contributed by atoms with Crippen molar-refractivity contribution < 1.29 is 9.53 Å². The summed E-state index contributed by atoms with van der Waals surface area (Å²) in [6.45, 7) is 9.38. The second-order valence-electron chi connectivity index (χ2n) is 6.62. The first-order chi connectivity index (χ1) is 13.0. The fraction of sp³-hybridized carbons (Fsp3) is 0.333. The topological polar surface area (TPSA) is 56.2 Å². The summed E-state index contributed by atoms with van der Waals surface area (Å²) in [5.74, 6) is 0.769. The van der Waals surface area contributed by atoms with Gasteiger partial charge >= 0.3 is 0 Å². The van der Waals surface area contributed by atoms with Crippen LogP contribution in [0.25, 0.3) is 0 Å². The van der Waals surface area contributed by atoms with Crippen LogP contribution < -0.4 is 10.1 Å². The Kier molecular flexibility index (Phi) is 5.96. The Bertz CT molecular complexity index is 929. The van der Waals surface area contributed by atoms with Crippen LogP contribution >= 0.6 is 11.3 Å². The van der Waals surface area contributed by atoms with E-state index in [-0.39, 0.29) is 11.9 Å². The van der Waals surface area contributed by atoms with Gasteiger partial charge in [0.05, 0.1) is 16.6 Å². The molecule has 0 saturated heterocycles. The van der Waals surface area contributed by atoms with Crippen molar-refractivity contribution in [2.45, 2.75) is 46.9 Å². The van der Waals surface area contributed by atoms with Gasteiger partial charge in [0.2, 0.25) is 0 Å². The van der Waals surface area contributed by atoms with Crippen molar-refractivity contribution >= 4 is 17.2 Å². The van der Waals surface area contributed by atoms with Crippen molar-refractivity contribution in [3.8, 4) is 5.75 Å². The van der Waals surface area contributed by atoms with Crippen LogP contribution in [0.1, 0.15) is 51.9 Å². The minimum Gasteiger partial charge on any atom is -0.489 e. The first-order valence-corrected chi connectivity index (χ1v) is 9.96. The number of hydrogen-bond acceptors (Lipinski definition) is 4. The smallest absolute Gasteiger partial charge is 0.261 e. The number of nitrogens with one attached hydrogen (secondary N) is 1. The fourth-order valence-corrected chi connectivity index (χ4v) is 3.66. The highest BCUT2D eigenvalue weighted by molar-refractivity contribution is 7.12. The van der Waals surface area contributed by atoms with Crippen molar-refractivity contribution in [3.63, 3.8) is 0 Å². The highest BCUT2D eigenvalue weighted by Gasteiger charge is 2.16. The molecule has 27 heavy (non-hydrogen) atoms. The Morgan fingerprint density at radius 1 is 1.26 bits per heavy atom. The van der Waals surface area contributed by atoms with Crippen LogP contribution in [0.3, 0.4) is 0 Å². The normalized spacial score (nSPS) is 12.0. The summed E-state index contributed by atoms with van der Waals surface area (Å²) in [6.07, 6.45) is 1.76. The molecular weight excluding hydrogens is 358 g/mol. The van der Waals surface area contributed by atoms with E-state index in [0.29, 0.717) is 11.5 Å². The molecule has 142 valence electrons. The molecule has 1 unspecified atom stereocenters. The summed E-state index contributed by atoms with van der Waals surface area (Å²) in [7, 11) is 0. The average molecular weight is 384 g/mol. The molecule has 6 heteroatoms. The lowest BCUT2D eigenvalue weighted by atomic mass is 10.1. The van der Waals surface area contributed by atoms with E-state index in [1.807, 2.05) is 48.2 Å². The highest BCUT2D eigenvalue weighted by Crippen LogP contribution is 2.21. The number of amides is 1. The monoisotopic (exact) mass is 383 g/mol. The summed E-state index contributed by atoms with van der Waals surface area (Å²) < 4.78 is 7.75. The number of carbonyl (C=O) groups is 1. The van der Waals surface area contributed by atoms with E-state index in [1.54, 1.807) is 6.20 Å². The molecule has 3 rings (SSSR count). The van der Waals surface area contributed by atoms with E-state index < -0.39 is 0 Å². The molecule has 1 atom stereocenters. The van der Waals surface area contributed by atoms with Gasteiger partial charge in [0.1, 0.15) is 12.4 Å². The molecule has 1 aromatic carbocycles. The molecule has 2 aromatic heterocycles. The van der Waals surface area contributed by atoms with E-state index in [4.69, 9.17) is 4.74 Å². The van der Waals surface area contributed by atoms with Gasteiger partial charge in [-0.3, -0.25) is 9.48 Å². The van der Waals surface area contributed by atoms with Gasteiger partial charge in [-0.05, 0) is 68.5 Å². The zero-order valence-electron chi connectivity index (χ0n) is 16.2. The molecule has 0 aliphatic carbocycles. The van der Waals surface area contributed by atoms with Gasteiger partial charge in [0, 0.05) is 18.3 Å². The average Bonchev–Trinajstić information content (AvgIpc) is 3.31. The van der Waals surface area contributed by atoms with E-state index in [9.17, 15) is 4.79 Å². The number of aromatic nitrogens is 2. The van der Waals surface area contributed by atoms with Crippen LogP contribution in [0.4, 0.5) is 0 Å². The predicted molar refractivity (Wildman–Crippen MR) is 108 cm³/mol. The summed E-state index contributed by atoms with van der Waals surface area (Å²) in [5, 5.41) is 9.27. The van der Waals surface area contributed by atoms with Crippen LogP contribution in [-0.2, 0) is 13.2 Å². The zero-order chi connectivity index (χ0) is 19.4. The van der Waals surface area contributed by atoms with Gasteiger partial charge in [0.25, 0.3) is 5.91 Å². The lowest BCUT2D eigenvalue weighted by Crippen LogP contribution is -2.27. The molecular formula is C21H25N3O2S. The molecule has 0 aliphatic heterocycles. The Balaban J connectivity index is 1.59. The Morgan fingerprint density at radius 3 is 2.81 bits per heavy atom. The third-order valence-corrected chi connectivity index (χ3v) is 5.58. The summed E-state index contributed by atoms with van der Waals surface area (Å²) in [4.78, 5) is 13.2. The molecule has 0 saturated carbocycles. The molecule has 0 radical (unpaired) electrons. The first-order valence-electron chi connectivity index (χ1n) is 9.08. The van der Waals surface area contributed by atoms with E-state index in [0.717, 1.165) is 23.6 Å². The predicted octanol–water partition coefficient (Wildman–Crippen LogP) is 4.65. The van der Waals surface area contributed by atoms with Crippen molar-refractivity contribution in [2.75, 3.05) is 0 Å². The van der Waals surface area contributed by atoms with Crippen LogP contribution in [0.2, 0.25) is 0 Å². The van der Waals surface area contributed by atoms with Crippen LogP contribution in [0, 0.1) is 13.8 Å². The summed E-state index contributed by atoms with van der Waals surface area (Å²) >= 11 is 1.43. The number of nitrogens with zero attached hydrogens (tertiary/aromatic N) is 2. The van der Waals surface area contributed by atoms with Crippen LogP contribution in [0.5, 0.6) is 5.75 Å². The minimum absolute atomic E-state index is 0.0752. The third-order valence-electron chi connectivity index (χ3n) is 4.60. The molecule has 1 amide bonds. The molecule has 2 heterocycles. The summed E-state index contributed by atoms with van der Waals surface area (Å²) in [5.41, 5.74) is 4.45. The van der Waals surface area contributed by atoms with Crippen molar-refractivity contribution in [1.82, 2.24) is 15.1 Å². The molecule has 0 fully saturated rings. The van der Waals surface area contributed by atoms with Gasteiger partial charge in [-0.25, -0.2) is 0 Å². The minimum atomic E-state index is -0.0997. The Morgan fingerprint density at radius 2 is 2.07 bits per heavy atom. The van der Waals surface area contributed by atoms with Gasteiger partial charge in [-0.1, -0.05) is 6.07 Å². The van der Waals surface area contributed by atoms with Gasteiger partial charge < -0.3 is 10.1 Å². The van der Waals surface area contributed by atoms with Crippen molar-refractivity contribution in [2.24, 2.45) is 0 Å². The van der Waals surface area contributed by atoms with Crippen LogP contribution in [0.15, 0.2) is 41.9 Å². The van der Waals surface area contributed by atoms with Crippen molar-refractivity contribution in [3.05, 3.63) is 69.2 Å². The lowest BCUT2D eigenvalue weighted by Gasteiger charge is -2.14. The number of rotatable bonds is 7. The maximum absolute atomic E-state index is 12.5. The van der Waals surface area contributed by atoms with Crippen LogP contribution in [-0.4, -0.2) is 15.7 Å². The Labute approximate surface area is 164 Å². The van der Waals surface area contributed by atoms with Crippen molar-refractivity contribution in [1.29, 1.82) is 0 Å². The van der Waals surface area contributed by atoms with Gasteiger partial charge in [0.15, 0.2) is 0 Å². The molecule has 5 nitrogen and oxygen atoms in total. The number of carbonyl (C=O) groups excluding carboxylic acids is 1. The van der Waals surface area contributed by atoms with E-state index in [1.165, 1.54) is 22.5 Å². The SMILES string of the molecule is CCn1nccc1C(C)NC(=O)c1cc(COc2ccc(C)c(C)c2)cs1. The number of thiophene rings is 1. The number of ether oxygens (including phenoxy) is 1. The number of benzene rings is 1. The van der Waals surface area contributed by atoms with E-state index in [2.05, 4.69) is 30.3 Å². The number of aryl methyl sites for hydroxylation is 3. The zero-order valence-corrected chi connectivity index (χ0v) is 17.0. The second kappa shape index (κ2) is 8.39. The van der Waals surface area contributed by atoms with Gasteiger partial charge in [-0.15, -0.1) is 11.3 Å². The quantitative estimate of drug-likeness (QED) is 0.646. The maximum Gasteiger partial charge on any atom is 0.261 e. The fourth-order valence-electron chi connectivity index (χ4n) is 2.86. The molecule has 3 aromatic rings. The van der Waals surface area contributed by atoms with E-state index >= 15 is 0 Å². The first kappa shape index (κ1) is 19.2. The lowest BCUT2D eigenvalue weighted by molar-refractivity contribution is 0.0942. The summed E-state index contributed by atoms with van der Waals surface area (Å²) in [6, 6.07) is 9.79. The molecule has 0 aliphatic rings. The molecule has 1 N–H and O–H groups in total. The Hall–Kier alpha value is -2.60.